The minimum atomic E-state index is -0.508. The quantitative estimate of drug-likeness (QED) is 0.824. The molecule has 1 aromatic rings. The van der Waals surface area contributed by atoms with Crippen LogP contribution >= 0.6 is 0 Å². The molecule has 0 unspecified atom stereocenters. The third-order valence-electron chi connectivity index (χ3n) is 4.80. The highest BCUT2D eigenvalue weighted by molar-refractivity contribution is 5.95. The van der Waals surface area contributed by atoms with E-state index in [4.69, 9.17) is 0 Å². The van der Waals surface area contributed by atoms with Crippen molar-refractivity contribution in [3.05, 3.63) is 35.6 Å². The lowest BCUT2D eigenvalue weighted by Gasteiger charge is -2.35. The molecule has 0 aliphatic heterocycles. The van der Waals surface area contributed by atoms with E-state index in [1.165, 1.54) is 44.2 Å². The largest absolute Gasteiger partial charge is 0.274 e. The van der Waals surface area contributed by atoms with Gasteiger partial charge in [-0.25, -0.2) is 9.82 Å². The molecule has 0 heterocycles. The molecular formula is C17H21FN2O. The molecule has 2 saturated carbocycles. The van der Waals surface area contributed by atoms with Gasteiger partial charge in [0, 0.05) is 5.71 Å². The molecule has 0 saturated heterocycles. The van der Waals surface area contributed by atoms with Crippen LogP contribution < -0.4 is 5.43 Å². The summed E-state index contributed by atoms with van der Waals surface area (Å²) < 4.78 is 13.5. The third-order valence-corrected chi connectivity index (χ3v) is 4.80. The van der Waals surface area contributed by atoms with Crippen LogP contribution in [-0.4, -0.2) is 11.6 Å². The van der Waals surface area contributed by atoms with E-state index in [0.29, 0.717) is 0 Å². The first-order valence-electron chi connectivity index (χ1n) is 7.84. The first-order valence-corrected chi connectivity index (χ1v) is 7.84. The number of carbonyl (C=O) groups is 1. The molecule has 2 atom stereocenters. The Bertz CT molecular complexity index is 555. The zero-order valence-electron chi connectivity index (χ0n) is 12.1. The fourth-order valence-corrected chi connectivity index (χ4v) is 3.63. The van der Waals surface area contributed by atoms with Crippen LogP contribution in [0.15, 0.2) is 29.4 Å². The molecule has 1 amide bonds. The average Bonchev–Trinajstić information content (AvgIpc) is 2.53. The normalized spacial score (nSPS) is 27.2. The van der Waals surface area contributed by atoms with Crippen molar-refractivity contribution < 1.29 is 9.18 Å². The summed E-state index contributed by atoms with van der Waals surface area (Å²) in [5.41, 5.74) is 3.62. The minimum absolute atomic E-state index is 0.0493. The van der Waals surface area contributed by atoms with Gasteiger partial charge in [0.2, 0.25) is 0 Å². The van der Waals surface area contributed by atoms with Crippen molar-refractivity contribution in [3.63, 3.8) is 0 Å². The molecule has 4 heteroatoms. The van der Waals surface area contributed by atoms with Gasteiger partial charge in [-0.2, -0.15) is 5.10 Å². The van der Waals surface area contributed by atoms with Gasteiger partial charge in [0.15, 0.2) is 0 Å². The van der Waals surface area contributed by atoms with Gasteiger partial charge in [-0.1, -0.05) is 31.4 Å². The maximum absolute atomic E-state index is 13.5. The van der Waals surface area contributed by atoms with Crippen molar-refractivity contribution in [2.45, 2.75) is 44.9 Å². The summed E-state index contributed by atoms with van der Waals surface area (Å²) in [5, 5.41) is 4.24. The van der Waals surface area contributed by atoms with Crippen molar-refractivity contribution in [2.75, 3.05) is 0 Å². The number of nitrogens with one attached hydrogen (secondary N) is 1. The number of fused-ring (bicyclic) bond motifs is 1. The Hall–Kier alpha value is -1.71. The van der Waals surface area contributed by atoms with Gasteiger partial charge in [0.25, 0.3) is 5.91 Å². The lowest BCUT2D eigenvalue weighted by Crippen LogP contribution is -2.29. The summed E-state index contributed by atoms with van der Waals surface area (Å²) in [6.45, 7) is 0. The van der Waals surface area contributed by atoms with E-state index in [1.807, 2.05) is 0 Å². The number of hydrogen-bond donors (Lipinski definition) is 1. The van der Waals surface area contributed by atoms with Crippen molar-refractivity contribution in [1.82, 2.24) is 5.43 Å². The monoisotopic (exact) mass is 288 g/mol. The lowest BCUT2D eigenvalue weighted by atomic mass is 9.70. The van der Waals surface area contributed by atoms with Gasteiger partial charge in [0.05, 0.1) is 5.56 Å². The van der Waals surface area contributed by atoms with Gasteiger partial charge >= 0.3 is 0 Å². The highest BCUT2D eigenvalue weighted by Crippen LogP contribution is 2.39. The molecule has 2 aliphatic rings. The summed E-state index contributed by atoms with van der Waals surface area (Å²) in [4.78, 5) is 11.9. The number of amides is 1. The van der Waals surface area contributed by atoms with Gasteiger partial charge in [-0.05, 0) is 49.7 Å². The standard InChI is InChI=1S/C17H21FN2O/c18-16-8-4-3-7-15(16)17(21)20-19-14-10-9-12-5-1-2-6-13(12)11-14/h3-4,7-8,12-13H,1-2,5-6,9-11H2,(H,20,21)/b19-14-/t12-,13-/m1/s1. The predicted molar refractivity (Wildman–Crippen MR) is 80.6 cm³/mol. The number of carbonyl (C=O) groups excluding carboxylic acids is 1. The number of benzene rings is 1. The van der Waals surface area contributed by atoms with Crippen molar-refractivity contribution in [2.24, 2.45) is 16.9 Å². The van der Waals surface area contributed by atoms with Crippen LogP contribution in [-0.2, 0) is 0 Å². The molecule has 1 N–H and O–H groups in total. The van der Waals surface area contributed by atoms with Crippen molar-refractivity contribution in [1.29, 1.82) is 0 Å². The third kappa shape index (κ3) is 3.31. The number of halogens is 1. The molecule has 0 radical (unpaired) electrons. The molecular weight excluding hydrogens is 267 g/mol. The Kier molecular flexibility index (Phi) is 4.32. The Labute approximate surface area is 124 Å². The van der Waals surface area contributed by atoms with E-state index >= 15 is 0 Å². The van der Waals surface area contributed by atoms with Crippen LogP contribution in [0.3, 0.4) is 0 Å². The molecule has 3 rings (SSSR count). The van der Waals surface area contributed by atoms with Crippen LogP contribution in [0.2, 0.25) is 0 Å². The first kappa shape index (κ1) is 14.2. The molecule has 0 bridgehead atoms. The van der Waals surface area contributed by atoms with E-state index < -0.39 is 11.7 Å². The average molecular weight is 288 g/mol. The SMILES string of the molecule is O=C(N/N=C1/CC[C@H]2CCCC[C@@H]2C1)c1ccccc1F. The summed E-state index contributed by atoms with van der Waals surface area (Å²) in [7, 11) is 0. The van der Waals surface area contributed by atoms with E-state index in [1.54, 1.807) is 12.1 Å². The minimum Gasteiger partial charge on any atom is -0.267 e. The highest BCUT2D eigenvalue weighted by atomic mass is 19.1. The van der Waals surface area contributed by atoms with Gasteiger partial charge in [-0.3, -0.25) is 4.79 Å². The molecule has 112 valence electrons. The second-order valence-corrected chi connectivity index (χ2v) is 6.15. The zero-order valence-corrected chi connectivity index (χ0v) is 12.1. The second kappa shape index (κ2) is 6.37. The molecule has 21 heavy (non-hydrogen) atoms. The maximum Gasteiger partial charge on any atom is 0.274 e. The molecule has 3 nitrogen and oxygen atoms in total. The fourth-order valence-electron chi connectivity index (χ4n) is 3.63. The van der Waals surface area contributed by atoms with Crippen LogP contribution in [0.5, 0.6) is 0 Å². The van der Waals surface area contributed by atoms with Crippen LogP contribution in [0, 0.1) is 17.7 Å². The van der Waals surface area contributed by atoms with Gasteiger partial charge in [0.1, 0.15) is 5.82 Å². The zero-order chi connectivity index (χ0) is 14.7. The Balaban J connectivity index is 1.61. The Morgan fingerprint density at radius 3 is 2.71 bits per heavy atom. The number of hydrazone groups is 1. The van der Waals surface area contributed by atoms with E-state index in [2.05, 4.69) is 10.5 Å². The molecule has 1 aromatic carbocycles. The highest BCUT2D eigenvalue weighted by Gasteiger charge is 2.30. The van der Waals surface area contributed by atoms with Gasteiger partial charge < -0.3 is 0 Å². The Morgan fingerprint density at radius 2 is 1.90 bits per heavy atom. The number of nitrogens with zero attached hydrogens (tertiary/aromatic N) is 1. The topological polar surface area (TPSA) is 41.5 Å². The second-order valence-electron chi connectivity index (χ2n) is 6.15. The summed E-state index contributed by atoms with van der Waals surface area (Å²) in [6.07, 6.45) is 8.43. The number of rotatable bonds is 2. The smallest absolute Gasteiger partial charge is 0.267 e. The van der Waals surface area contributed by atoms with Crippen molar-refractivity contribution in [3.8, 4) is 0 Å². The fraction of sp³-hybridized carbons (Fsp3) is 0.529. The summed E-state index contributed by atoms with van der Waals surface area (Å²) >= 11 is 0. The summed E-state index contributed by atoms with van der Waals surface area (Å²) in [5.74, 6) is 0.606. The Morgan fingerprint density at radius 1 is 1.14 bits per heavy atom. The van der Waals surface area contributed by atoms with Crippen LogP contribution in [0.25, 0.3) is 0 Å². The lowest BCUT2D eigenvalue weighted by molar-refractivity contribution is 0.0950. The predicted octanol–water partition coefficient (Wildman–Crippen LogP) is 3.90. The first-order chi connectivity index (χ1) is 10.2. The van der Waals surface area contributed by atoms with E-state index in [-0.39, 0.29) is 5.56 Å². The van der Waals surface area contributed by atoms with E-state index in [9.17, 15) is 9.18 Å². The maximum atomic E-state index is 13.5. The summed E-state index contributed by atoms with van der Waals surface area (Å²) in [6, 6.07) is 5.99. The molecule has 2 aliphatic carbocycles. The molecule has 0 spiro atoms. The van der Waals surface area contributed by atoms with Crippen molar-refractivity contribution >= 4 is 11.6 Å². The number of hydrogen-bond acceptors (Lipinski definition) is 2. The van der Waals surface area contributed by atoms with Crippen LogP contribution in [0.4, 0.5) is 4.39 Å². The molecule has 0 aromatic heterocycles. The van der Waals surface area contributed by atoms with Crippen LogP contribution in [0.1, 0.15) is 55.3 Å². The molecule has 2 fully saturated rings. The van der Waals surface area contributed by atoms with E-state index in [0.717, 1.165) is 30.4 Å². The van der Waals surface area contributed by atoms with Gasteiger partial charge in [-0.15, -0.1) is 0 Å².